The van der Waals surface area contributed by atoms with Crippen molar-refractivity contribution >= 4 is 23.4 Å². The van der Waals surface area contributed by atoms with Gasteiger partial charge in [0, 0.05) is 50.1 Å². The van der Waals surface area contributed by atoms with Gasteiger partial charge in [-0.2, -0.15) is 0 Å². The smallest absolute Gasteiger partial charge is 0.290 e. The van der Waals surface area contributed by atoms with Gasteiger partial charge in [-0.15, -0.1) is 0 Å². The van der Waals surface area contributed by atoms with Crippen molar-refractivity contribution in [3.63, 3.8) is 0 Å². The Morgan fingerprint density at radius 2 is 1.20 bits per heavy atom. The van der Waals surface area contributed by atoms with Crippen molar-refractivity contribution in [1.82, 2.24) is 26.6 Å². The Morgan fingerprint density at radius 3 is 1.68 bits per heavy atom. The molecule has 0 spiro atoms. The van der Waals surface area contributed by atoms with Gasteiger partial charge in [0.2, 0.25) is 0 Å². The fourth-order valence-electron chi connectivity index (χ4n) is 3.55. The minimum Gasteiger partial charge on any atom is -0.387 e. The highest BCUT2D eigenvalue weighted by Crippen LogP contribution is 2.10. The van der Waals surface area contributed by atoms with E-state index in [1.165, 1.54) is 0 Å². The van der Waals surface area contributed by atoms with Crippen LogP contribution in [-0.4, -0.2) is 106 Å². The minimum atomic E-state index is -2.21. The Bertz CT molecular complexity index is 809. The molecule has 0 aliphatic carbocycles. The first-order valence-corrected chi connectivity index (χ1v) is 14.8. The predicted octanol–water partition coefficient (Wildman–Crippen LogP) is 0.104. The average Bonchev–Trinajstić information content (AvgIpc) is 2.93. The number of amidine groups is 2. The summed E-state index contributed by atoms with van der Waals surface area (Å²) in [6.07, 6.45) is -1.39. The summed E-state index contributed by atoms with van der Waals surface area (Å²) in [5.41, 5.74) is -0.583. The largest absolute Gasteiger partial charge is 0.387 e. The first-order valence-electron chi connectivity index (χ1n) is 14.8. The van der Waals surface area contributed by atoms with Crippen molar-refractivity contribution in [3.8, 4) is 0 Å². The number of hydrogen-bond donors (Lipinski definition) is 11. The monoisotopic (exact) mass is 587 g/mol. The van der Waals surface area contributed by atoms with Crippen LogP contribution < -0.4 is 26.6 Å². The number of carbonyl (C=O) groups is 2. The lowest BCUT2D eigenvalue weighted by Crippen LogP contribution is -2.56. The average molecular weight is 588 g/mol. The number of carbonyl (C=O) groups excluding carboxylic acids is 2. The molecule has 4 atom stereocenters. The third-order valence-corrected chi connectivity index (χ3v) is 7.20. The van der Waals surface area contributed by atoms with Crippen molar-refractivity contribution in [1.29, 1.82) is 10.8 Å². The maximum Gasteiger partial charge on any atom is 0.290 e. The molecule has 0 heterocycles. The van der Waals surface area contributed by atoms with E-state index in [9.17, 15) is 30.0 Å². The van der Waals surface area contributed by atoms with Crippen LogP contribution in [0.2, 0.25) is 0 Å². The van der Waals surface area contributed by atoms with E-state index in [0.29, 0.717) is 30.9 Å². The van der Waals surface area contributed by atoms with Crippen LogP contribution in [0.25, 0.3) is 0 Å². The van der Waals surface area contributed by atoms with Crippen LogP contribution in [0.15, 0.2) is 0 Å². The maximum atomic E-state index is 12.1. The molecule has 11 N–H and O–H groups in total. The number of Topliss-reactive ketones (excluding diaryl/α,β-unsaturated/α-hetero) is 1. The van der Waals surface area contributed by atoms with Gasteiger partial charge in [-0.1, -0.05) is 26.7 Å². The van der Waals surface area contributed by atoms with Crippen molar-refractivity contribution in [3.05, 3.63) is 0 Å². The predicted molar refractivity (Wildman–Crippen MR) is 161 cm³/mol. The van der Waals surface area contributed by atoms with Crippen LogP contribution in [0.3, 0.4) is 0 Å². The first-order chi connectivity index (χ1) is 19.1. The molecular formula is C28H57N7O6. The molecule has 0 aliphatic rings. The van der Waals surface area contributed by atoms with Crippen molar-refractivity contribution in [2.24, 2.45) is 0 Å². The zero-order valence-electron chi connectivity index (χ0n) is 25.9. The Morgan fingerprint density at radius 1 is 0.707 bits per heavy atom. The summed E-state index contributed by atoms with van der Waals surface area (Å²) < 4.78 is 0. The van der Waals surface area contributed by atoms with Gasteiger partial charge in [-0.25, -0.2) is 0 Å². The summed E-state index contributed by atoms with van der Waals surface area (Å²) in [6, 6.07) is 0. The van der Waals surface area contributed by atoms with Crippen LogP contribution in [-0.2, 0) is 9.59 Å². The normalized spacial score (nSPS) is 15.0. The standard InChI is InChI=1S/C28H57N7O6/c1-7-27(3,4)34-18-17-32-20(30)14-12-10-9-11-13-19(29)31-15-16-33-25(40)23(38)21(36)22(37)24(39)26(41)35-28(5,6)8-2/h21-23,25,33-34,36-38,40H,7-18H2,1-6H3,(H2,29,31)(H2,30,32)(H,35,41)/t21-,22-,23-,25+/m1/s1. The number of ketones is 1. The third-order valence-electron chi connectivity index (χ3n) is 7.20. The highest BCUT2D eigenvalue weighted by molar-refractivity contribution is 6.38. The fourth-order valence-corrected chi connectivity index (χ4v) is 3.55. The highest BCUT2D eigenvalue weighted by Gasteiger charge is 2.38. The number of nitrogens with one attached hydrogen (secondary N) is 7. The van der Waals surface area contributed by atoms with Gasteiger partial charge in [-0.05, 0) is 53.4 Å². The minimum absolute atomic E-state index is 0.108. The van der Waals surface area contributed by atoms with E-state index in [1.54, 1.807) is 13.8 Å². The van der Waals surface area contributed by atoms with E-state index in [2.05, 4.69) is 47.4 Å². The Balaban J connectivity index is 4.04. The molecule has 0 unspecified atom stereocenters. The van der Waals surface area contributed by atoms with E-state index < -0.39 is 41.8 Å². The Kier molecular flexibility index (Phi) is 18.8. The second kappa shape index (κ2) is 19.9. The summed E-state index contributed by atoms with van der Waals surface area (Å²) in [5, 5.41) is 70.7. The van der Waals surface area contributed by atoms with Gasteiger partial charge >= 0.3 is 0 Å². The summed E-state index contributed by atoms with van der Waals surface area (Å²) in [7, 11) is 0. The van der Waals surface area contributed by atoms with Crippen LogP contribution >= 0.6 is 0 Å². The molecule has 0 aromatic heterocycles. The molecule has 240 valence electrons. The SMILES string of the molecule is CCC(C)(C)NCCNC(=N)CCCCCCC(=N)NCCN[C@@H](O)[C@H](O)[C@H](O)[C@@H](O)C(=O)C(=O)NC(C)(C)CC. The van der Waals surface area contributed by atoms with Crippen LogP contribution in [0.1, 0.15) is 92.9 Å². The molecule has 1 amide bonds. The van der Waals surface area contributed by atoms with Crippen LogP contribution in [0, 0.1) is 10.8 Å². The fraction of sp³-hybridized carbons (Fsp3) is 0.857. The lowest BCUT2D eigenvalue weighted by Gasteiger charge is -2.28. The zero-order chi connectivity index (χ0) is 31.6. The maximum absolute atomic E-state index is 12.1. The molecule has 0 rings (SSSR count). The molecule has 0 bridgehead atoms. The van der Waals surface area contributed by atoms with E-state index in [-0.39, 0.29) is 18.6 Å². The lowest BCUT2D eigenvalue weighted by molar-refractivity contribution is -0.155. The number of hydrogen-bond acceptors (Lipinski definition) is 10. The molecule has 13 nitrogen and oxygen atoms in total. The van der Waals surface area contributed by atoms with Crippen LogP contribution in [0.5, 0.6) is 0 Å². The molecule has 0 aromatic carbocycles. The number of amides is 1. The molecule has 0 aromatic rings. The van der Waals surface area contributed by atoms with Crippen molar-refractivity contribution in [2.75, 3.05) is 26.2 Å². The summed E-state index contributed by atoms with van der Waals surface area (Å²) in [5.74, 6) is -1.52. The molecule has 41 heavy (non-hydrogen) atoms. The quantitative estimate of drug-likeness (QED) is 0.0254. The van der Waals surface area contributed by atoms with Gasteiger partial charge < -0.3 is 41.7 Å². The van der Waals surface area contributed by atoms with E-state index in [0.717, 1.165) is 45.2 Å². The summed E-state index contributed by atoms with van der Waals surface area (Å²) in [4.78, 5) is 24.1. The topological polar surface area (TPSA) is 223 Å². The van der Waals surface area contributed by atoms with Crippen LogP contribution in [0.4, 0.5) is 0 Å². The van der Waals surface area contributed by atoms with Crippen molar-refractivity contribution in [2.45, 2.75) is 129 Å². The molecule has 13 heteroatoms. The zero-order valence-corrected chi connectivity index (χ0v) is 25.9. The number of unbranched alkanes of at least 4 members (excludes halogenated alkanes) is 3. The number of aliphatic hydroxyl groups excluding tert-OH is 4. The molecule has 0 radical (unpaired) electrons. The number of aliphatic hydroxyl groups is 4. The van der Waals surface area contributed by atoms with Crippen molar-refractivity contribution < 1.29 is 30.0 Å². The van der Waals surface area contributed by atoms with E-state index in [4.69, 9.17) is 10.8 Å². The van der Waals surface area contributed by atoms with Gasteiger partial charge in [0.05, 0.1) is 11.7 Å². The summed E-state index contributed by atoms with van der Waals surface area (Å²) in [6.45, 7) is 13.6. The Hall–Kier alpha value is -2.16. The summed E-state index contributed by atoms with van der Waals surface area (Å²) >= 11 is 0. The molecule has 0 fully saturated rings. The van der Waals surface area contributed by atoms with Gasteiger partial charge in [0.1, 0.15) is 18.4 Å². The lowest BCUT2D eigenvalue weighted by atomic mass is 9.99. The first kappa shape index (κ1) is 38.8. The molecule has 0 saturated carbocycles. The van der Waals surface area contributed by atoms with E-state index >= 15 is 0 Å². The molecule has 0 aliphatic heterocycles. The second-order valence-electron chi connectivity index (χ2n) is 11.8. The van der Waals surface area contributed by atoms with Gasteiger partial charge in [0.15, 0.2) is 6.10 Å². The molecular weight excluding hydrogens is 530 g/mol. The number of rotatable bonds is 23. The third kappa shape index (κ3) is 17.4. The van der Waals surface area contributed by atoms with E-state index in [1.807, 2.05) is 6.92 Å². The Labute approximate surface area is 245 Å². The highest BCUT2D eigenvalue weighted by atomic mass is 16.4. The van der Waals surface area contributed by atoms with Gasteiger partial charge in [0.25, 0.3) is 11.7 Å². The molecule has 0 saturated heterocycles. The van der Waals surface area contributed by atoms with Gasteiger partial charge in [-0.3, -0.25) is 25.7 Å². The second-order valence-corrected chi connectivity index (χ2v) is 11.8.